The first-order valence-electron chi connectivity index (χ1n) is 8.12. The van der Waals surface area contributed by atoms with Gasteiger partial charge in [0.05, 0.1) is 20.0 Å². The van der Waals surface area contributed by atoms with Crippen LogP contribution in [0.15, 0.2) is 34.8 Å². The number of nitro groups is 1. The standard InChI is InChI=1S/C17H17BrN4O3S2/c1-20(2)8-3-9-21(16(23)13-6-7-15(26-13)22(24)25)17-19-12-5-4-11(18)10-14(12)27-17/h4-7,10H,3,8-9H2,1-2H3. The van der Waals surface area contributed by atoms with Crippen LogP contribution < -0.4 is 4.90 Å². The van der Waals surface area contributed by atoms with Gasteiger partial charge in [-0.25, -0.2) is 4.98 Å². The highest BCUT2D eigenvalue weighted by Crippen LogP contribution is 2.33. The molecule has 142 valence electrons. The Labute approximate surface area is 172 Å². The number of hydrogen-bond donors (Lipinski definition) is 0. The van der Waals surface area contributed by atoms with Crippen LogP contribution in [-0.4, -0.2) is 47.9 Å². The molecule has 0 saturated carbocycles. The third-order valence-corrected chi connectivity index (χ3v) is 6.34. The molecule has 0 saturated heterocycles. The molecule has 0 aliphatic carbocycles. The van der Waals surface area contributed by atoms with Crippen molar-refractivity contribution in [1.29, 1.82) is 0 Å². The highest BCUT2D eigenvalue weighted by molar-refractivity contribution is 9.10. The summed E-state index contributed by atoms with van der Waals surface area (Å²) in [4.78, 5) is 32.1. The van der Waals surface area contributed by atoms with Crippen molar-refractivity contribution < 1.29 is 9.72 Å². The number of thiazole rings is 1. The number of benzene rings is 1. The normalized spacial score (nSPS) is 11.3. The lowest BCUT2D eigenvalue weighted by Crippen LogP contribution is -2.32. The molecule has 2 aromatic heterocycles. The predicted molar refractivity (Wildman–Crippen MR) is 113 cm³/mol. The third kappa shape index (κ3) is 4.70. The summed E-state index contributed by atoms with van der Waals surface area (Å²) in [7, 11) is 3.95. The topological polar surface area (TPSA) is 79.6 Å². The SMILES string of the molecule is CN(C)CCCN(C(=O)c1ccc([N+](=O)[O-])s1)c1nc2ccc(Br)cc2s1. The zero-order valence-electron chi connectivity index (χ0n) is 14.7. The fraction of sp³-hybridized carbons (Fsp3) is 0.294. The van der Waals surface area contributed by atoms with Crippen LogP contribution in [0.1, 0.15) is 16.1 Å². The van der Waals surface area contributed by atoms with Crippen LogP contribution in [0.3, 0.4) is 0 Å². The Morgan fingerprint density at radius 1 is 1.22 bits per heavy atom. The lowest BCUT2D eigenvalue weighted by Gasteiger charge is -2.20. The first-order chi connectivity index (χ1) is 12.8. The fourth-order valence-electron chi connectivity index (χ4n) is 2.50. The number of amides is 1. The van der Waals surface area contributed by atoms with E-state index in [4.69, 9.17) is 0 Å². The van der Waals surface area contributed by atoms with Crippen molar-refractivity contribution in [2.75, 3.05) is 32.1 Å². The molecule has 1 amide bonds. The van der Waals surface area contributed by atoms with Crippen molar-refractivity contribution in [2.24, 2.45) is 0 Å². The second-order valence-electron chi connectivity index (χ2n) is 6.12. The highest BCUT2D eigenvalue weighted by atomic mass is 79.9. The lowest BCUT2D eigenvalue weighted by molar-refractivity contribution is -0.380. The Balaban J connectivity index is 1.93. The van der Waals surface area contributed by atoms with Crippen LogP contribution in [0.2, 0.25) is 0 Å². The molecule has 3 rings (SSSR count). The molecule has 0 N–H and O–H groups in total. The minimum Gasteiger partial charge on any atom is -0.309 e. The largest absolute Gasteiger partial charge is 0.324 e. The number of thiophene rings is 1. The second-order valence-corrected chi connectivity index (χ2v) is 9.10. The summed E-state index contributed by atoms with van der Waals surface area (Å²) in [6.45, 7) is 1.31. The van der Waals surface area contributed by atoms with E-state index in [1.54, 1.807) is 4.90 Å². The van der Waals surface area contributed by atoms with Crippen LogP contribution in [0, 0.1) is 10.1 Å². The second kappa shape index (κ2) is 8.42. The highest BCUT2D eigenvalue weighted by Gasteiger charge is 2.24. The minimum atomic E-state index is -0.479. The molecular formula is C17H17BrN4O3S2. The van der Waals surface area contributed by atoms with E-state index >= 15 is 0 Å². The van der Waals surface area contributed by atoms with Crippen molar-refractivity contribution in [1.82, 2.24) is 9.88 Å². The Hall–Kier alpha value is -1.88. The number of rotatable bonds is 7. The van der Waals surface area contributed by atoms with Gasteiger partial charge in [0.1, 0.15) is 0 Å². The molecule has 2 heterocycles. The number of carbonyl (C=O) groups is 1. The van der Waals surface area contributed by atoms with E-state index < -0.39 is 4.92 Å². The van der Waals surface area contributed by atoms with E-state index in [0.717, 1.165) is 39.0 Å². The minimum absolute atomic E-state index is 0.0418. The maximum Gasteiger partial charge on any atom is 0.324 e. The monoisotopic (exact) mass is 468 g/mol. The van der Waals surface area contributed by atoms with Crippen molar-refractivity contribution >= 4 is 64.9 Å². The summed E-state index contributed by atoms with van der Waals surface area (Å²) in [6, 6.07) is 8.65. The number of hydrogen-bond acceptors (Lipinski definition) is 7. The van der Waals surface area contributed by atoms with Gasteiger partial charge in [-0.05, 0) is 51.3 Å². The predicted octanol–water partition coefficient (Wildman–Crippen LogP) is 4.63. The van der Waals surface area contributed by atoms with Crippen LogP contribution in [0.5, 0.6) is 0 Å². The molecule has 1 aromatic carbocycles. The van der Waals surface area contributed by atoms with Crippen LogP contribution in [-0.2, 0) is 0 Å². The molecule has 0 fully saturated rings. The average Bonchev–Trinajstić information content (AvgIpc) is 3.24. The molecular weight excluding hydrogens is 452 g/mol. The Morgan fingerprint density at radius 3 is 2.67 bits per heavy atom. The molecule has 0 atom stereocenters. The van der Waals surface area contributed by atoms with Crippen molar-refractivity contribution in [2.45, 2.75) is 6.42 Å². The van der Waals surface area contributed by atoms with Gasteiger partial charge in [-0.15, -0.1) is 0 Å². The molecule has 0 radical (unpaired) electrons. The number of carbonyl (C=O) groups excluding carboxylic acids is 1. The van der Waals surface area contributed by atoms with Crippen molar-refractivity contribution in [3.05, 3.63) is 49.8 Å². The van der Waals surface area contributed by atoms with E-state index in [0.29, 0.717) is 16.6 Å². The molecule has 0 bridgehead atoms. The Bertz CT molecular complexity index is 986. The van der Waals surface area contributed by atoms with Crippen molar-refractivity contribution in [3.8, 4) is 0 Å². The molecule has 0 aliphatic heterocycles. The number of nitrogens with zero attached hydrogens (tertiary/aromatic N) is 4. The lowest BCUT2D eigenvalue weighted by atomic mass is 10.3. The summed E-state index contributed by atoms with van der Waals surface area (Å²) < 4.78 is 1.92. The van der Waals surface area contributed by atoms with Gasteiger partial charge in [0.2, 0.25) is 0 Å². The Kier molecular flexibility index (Phi) is 6.20. The number of fused-ring (bicyclic) bond motifs is 1. The first-order valence-corrected chi connectivity index (χ1v) is 10.5. The number of halogens is 1. The molecule has 0 spiro atoms. The van der Waals surface area contributed by atoms with E-state index in [1.807, 2.05) is 37.2 Å². The van der Waals surface area contributed by atoms with Gasteiger partial charge < -0.3 is 4.90 Å². The third-order valence-electron chi connectivity index (χ3n) is 3.78. The molecule has 10 heteroatoms. The summed E-state index contributed by atoms with van der Waals surface area (Å²) in [5.74, 6) is -0.259. The quantitative estimate of drug-likeness (QED) is 0.373. The zero-order valence-corrected chi connectivity index (χ0v) is 17.9. The molecule has 0 aliphatic rings. The van der Waals surface area contributed by atoms with Crippen LogP contribution in [0.4, 0.5) is 10.1 Å². The fourth-order valence-corrected chi connectivity index (χ4v) is 4.82. The van der Waals surface area contributed by atoms with Gasteiger partial charge in [0.15, 0.2) is 5.13 Å². The van der Waals surface area contributed by atoms with Gasteiger partial charge in [-0.3, -0.25) is 19.8 Å². The number of aromatic nitrogens is 1. The molecule has 7 nitrogen and oxygen atoms in total. The van der Waals surface area contributed by atoms with E-state index in [2.05, 4.69) is 20.9 Å². The van der Waals surface area contributed by atoms with E-state index in [1.165, 1.54) is 23.5 Å². The van der Waals surface area contributed by atoms with E-state index in [9.17, 15) is 14.9 Å². The van der Waals surface area contributed by atoms with Crippen LogP contribution >= 0.6 is 38.6 Å². The first kappa shape index (κ1) is 19.9. The smallest absolute Gasteiger partial charge is 0.309 e. The van der Waals surface area contributed by atoms with Gasteiger partial charge in [-0.1, -0.05) is 38.6 Å². The summed E-state index contributed by atoms with van der Waals surface area (Å²) >= 11 is 5.77. The van der Waals surface area contributed by atoms with Gasteiger partial charge in [0.25, 0.3) is 5.91 Å². The maximum absolute atomic E-state index is 13.1. The molecule has 3 aromatic rings. The maximum atomic E-state index is 13.1. The molecule has 0 unspecified atom stereocenters. The summed E-state index contributed by atoms with van der Waals surface area (Å²) in [5.41, 5.74) is 0.820. The van der Waals surface area contributed by atoms with Gasteiger partial charge >= 0.3 is 5.00 Å². The molecule has 27 heavy (non-hydrogen) atoms. The summed E-state index contributed by atoms with van der Waals surface area (Å²) in [6.07, 6.45) is 0.770. The van der Waals surface area contributed by atoms with Crippen molar-refractivity contribution in [3.63, 3.8) is 0 Å². The Morgan fingerprint density at radius 2 is 2.00 bits per heavy atom. The summed E-state index contributed by atoms with van der Waals surface area (Å²) in [5, 5.41) is 11.5. The average molecular weight is 469 g/mol. The van der Waals surface area contributed by atoms with E-state index in [-0.39, 0.29) is 10.9 Å². The van der Waals surface area contributed by atoms with Crippen LogP contribution in [0.25, 0.3) is 10.2 Å². The number of anilines is 1. The van der Waals surface area contributed by atoms with Gasteiger partial charge in [-0.2, -0.15) is 0 Å². The zero-order chi connectivity index (χ0) is 19.6. The van der Waals surface area contributed by atoms with Gasteiger partial charge in [0, 0.05) is 17.1 Å².